The van der Waals surface area contributed by atoms with Gasteiger partial charge in [0.05, 0.1) is 6.20 Å². The third-order valence-electron chi connectivity index (χ3n) is 2.98. The number of halogens is 2. The fraction of sp³-hybridized carbons (Fsp3) is 0. The molecule has 2 nitrogen and oxygen atoms in total. The first-order valence-electron chi connectivity index (χ1n) is 6.08. The lowest BCUT2D eigenvalue weighted by Crippen LogP contribution is -1.92. The van der Waals surface area contributed by atoms with E-state index in [0.29, 0.717) is 5.56 Å². The van der Waals surface area contributed by atoms with E-state index in [-0.39, 0.29) is 11.0 Å². The van der Waals surface area contributed by atoms with E-state index in [9.17, 15) is 4.39 Å². The normalized spacial score (nSPS) is 10.5. The summed E-state index contributed by atoms with van der Waals surface area (Å²) < 4.78 is 13.7. The van der Waals surface area contributed by atoms with Gasteiger partial charge in [-0.15, -0.1) is 0 Å². The van der Waals surface area contributed by atoms with Crippen LogP contribution in [0.15, 0.2) is 60.8 Å². The van der Waals surface area contributed by atoms with Crippen LogP contribution in [0.25, 0.3) is 22.4 Å². The minimum Gasteiger partial charge on any atom is -0.223 e. The van der Waals surface area contributed by atoms with Crippen LogP contribution in [0.1, 0.15) is 0 Å². The van der Waals surface area contributed by atoms with E-state index in [1.54, 1.807) is 0 Å². The van der Waals surface area contributed by atoms with Gasteiger partial charge in [0.2, 0.25) is 5.28 Å². The molecule has 1 aromatic heterocycles. The Bertz CT molecular complexity index is 727. The molecule has 1 heterocycles. The van der Waals surface area contributed by atoms with Crippen LogP contribution in [0.2, 0.25) is 5.28 Å². The molecule has 0 spiro atoms. The molecule has 0 radical (unpaired) electrons. The predicted octanol–water partition coefficient (Wildman–Crippen LogP) is 4.60. The van der Waals surface area contributed by atoms with E-state index in [1.807, 2.05) is 54.6 Å². The van der Waals surface area contributed by atoms with Gasteiger partial charge in [-0.05, 0) is 22.7 Å². The molecule has 4 heteroatoms. The first-order chi connectivity index (χ1) is 9.74. The molecular weight excluding hydrogens is 275 g/mol. The standard InChI is InChI=1S/C16H10ClFN2/c17-16-19-10-14(18)15(20-16)13-8-6-12(7-9-13)11-4-2-1-3-5-11/h1-10H. The van der Waals surface area contributed by atoms with E-state index in [2.05, 4.69) is 9.97 Å². The first-order valence-corrected chi connectivity index (χ1v) is 6.46. The summed E-state index contributed by atoms with van der Waals surface area (Å²) in [6.45, 7) is 0. The van der Waals surface area contributed by atoms with Crippen LogP contribution >= 0.6 is 11.6 Å². The fourth-order valence-electron chi connectivity index (χ4n) is 2.00. The minimum absolute atomic E-state index is 0.0357. The van der Waals surface area contributed by atoms with Gasteiger partial charge in [-0.25, -0.2) is 14.4 Å². The van der Waals surface area contributed by atoms with Gasteiger partial charge in [-0.1, -0.05) is 54.6 Å². The number of hydrogen-bond acceptors (Lipinski definition) is 2. The van der Waals surface area contributed by atoms with E-state index in [1.165, 1.54) is 0 Å². The van der Waals surface area contributed by atoms with Crippen molar-refractivity contribution < 1.29 is 4.39 Å². The summed E-state index contributed by atoms with van der Waals surface area (Å²) in [4.78, 5) is 7.53. The zero-order valence-electron chi connectivity index (χ0n) is 10.4. The van der Waals surface area contributed by atoms with Gasteiger partial charge in [-0.3, -0.25) is 0 Å². The summed E-state index contributed by atoms with van der Waals surface area (Å²) in [5.41, 5.74) is 3.06. The van der Waals surface area contributed by atoms with E-state index in [4.69, 9.17) is 11.6 Å². The molecule has 0 atom stereocenters. The van der Waals surface area contributed by atoms with Crippen LogP contribution in [-0.4, -0.2) is 9.97 Å². The van der Waals surface area contributed by atoms with Crippen molar-refractivity contribution in [2.24, 2.45) is 0 Å². The van der Waals surface area contributed by atoms with Crippen molar-refractivity contribution in [2.45, 2.75) is 0 Å². The molecule has 3 aromatic rings. The summed E-state index contributed by atoms with van der Waals surface area (Å²) in [6, 6.07) is 17.5. The smallest absolute Gasteiger partial charge is 0.223 e. The SMILES string of the molecule is Fc1cnc(Cl)nc1-c1ccc(-c2ccccc2)cc1. The summed E-state index contributed by atoms with van der Waals surface area (Å²) in [5.74, 6) is -0.484. The Balaban J connectivity index is 2.00. The van der Waals surface area contributed by atoms with Gasteiger partial charge in [0, 0.05) is 5.56 Å². The Hall–Kier alpha value is -2.26. The Labute approximate surface area is 120 Å². The van der Waals surface area contributed by atoms with Crippen LogP contribution < -0.4 is 0 Å². The molecule has 0 bridgehead atoms. The minimum atomic E-state index is -0.484. The maximum Gasteiger partial charge on any atom is 0.223 e. The molecule has 0 saturated carbocycles. The number of aromatic nitrogens is 2. The van der Waals surface area contributed by atoms with Crippen molar-refractivity contribution in [3.05, 3.63) is 71.9 Å². The zero-order chi connectivity index (χ0) is 13.9. The molecule has 98 valence electrons. The highest BCUT2D eigenvalue weighted by atomic mass is 35.5. The Morgan fingerprint density at radius 1 is 0.800 bits per heavy atom. The van der Waals surface area contributed by atoms with Gasteiger partial charge in [0.15, 0.2) is 5.82 Å². The van der Waals surface area contributed by atoms with Crippen LogP contribution in [0.3, 0.4) is 0 Å². The molecule has 0 saturated heterocycles. The maximum absolute atomic E-state index is 13.7. The van der Waals surface area contributed by atoms with Crippen molar-refractivity contribution in [1.29, 1.82) is 0 Å². The fourth-order valence-corrected chi connectivity index (χ4v) is 2.13. The highest BCUT2D eigenvalue weighted by molar-refractivity contribution is 6.28. The largest absolute Gasteiger partial charge is 0.223 e. The zero-order valence-corrected chi connectivity index (χ0v) is 11.2. The quantitative estimate of drug-likeness (QED) is 0.643. The van der Waals surface area contributed by atoms with Crippen molar-refractivity contribution in [3.63, 3.8) is 0 Å². The third kappa shape index (κ3) is 2.53. The molecule has 0 amide bonds. The summed E-state index contributed by atoms with van der Waals surface area (Å²) in [5, 5.41) is 0.0357. The number of benzene rings is 2. The number of rotatable bonds is 2. The third-order valence-corrected chi connectivity index (χ3v) is 3.16. The molecule has 0 aliphatic carbocycles. The Morgan fingerprint density at radius 2 is 1.40 bits per heavy atom. The summed E-state index contributed by atoms with van der Waals surface area (Å²) in [6.07, 6.45) is 1.08. The highest BCUT2D eigenvalue weighted by Crippen LogP contribution is 2.25. The van der Waals surface area contributed by atoms with Gasteiger partial charge in [0.1, 0.15) is 5.69 Å². The van der Waals surface area contributed by atoms with E-state index >= 15 is 0 Å². The van der Waals surface area contributed by atoms with Crippen molar-refractivity contribution in [2.75, 3.05) is 0 Å². The monoisotopic (exact) mass is 284 g/mol. The molecule has 0 aliphatic rings. The lowest BCUT2D eigenvalue weighted by Gasteiger charge is -2.05. The maximum atomic E-state index is 13.7. The topological polar surface area (TPSA) is 25.8 Å². The molecule has 0 N–H and O–H groups in total. The first kappa shape index (κ1) is 12.8. The second-order valence-corrected chi connectivity index (χ2v) is 4.62. The Kier molecular flexibility index (Phi) is 3.44. The molecule has 0 aliphatic heterocycles. The molecule has 2 aromatic carbocycles. The summed E-state index contributed by atoms with van der Waals surface area (Å²) in [7, 11) is 0. The number of hydrogen-bond donors (Lipinski definition) is 0. The average Bonchev–Trinajstić information content (AvgIpc) is 2.51. The van der Waals surface area contributed by atoms with Crippen LogP contribution in [0.4, 0.5) is 4.39 Å². The highest BCUT2D eigenvalue weighted by Gasteiger charge is 2.08. The lowest BCUT2D eigenvalue weighted by atomic mass is 10.0. The Morgan fingerprint density at radius 3 is 2.10 bits per heavy atom. The number of nitrogens with zero attached hydrogens (tertiary/aromatic N) is 2. The summed E-state index contributed by atoms with van der Waals surface area (Å²) >= 11 is 5.70. The van der Waals surface area contributed by atoms with Crippen molar-refractivity contribution in [1.82, 2.24) is 9.97 Å². The second-order valence-electron chi connectivity index (χ2n) is 4.28. The lowest BCUT2D eigenvalue weighted by molar-refractivity contribution is 0.618. The van der Waals surface area contributed by atoms with Crippen molar-refractivity contribution >= 4 is 11.6 Å². The molecule has 20 heavy (non-hydrogen) atoms. The van der Waals surface area contributed by atoms with Crippen LogP contribution in [0, 0.1) is 5.82 Å². The van der Waals surface area contributed by atoms with Crippen LogP contribution in [0.5, 0.6) is 0 Å². The van der Waals surface area contributed by atoms with Gasteiger partial charge in [-0.2, -0.15) is 0 Å². The molecule has 0 unspecified atom stereocenters. The van der Waals surface area contributed by atoms with E-state index in [0.717, 1.165) is 17.3 Å². The molecular formula is C16H10ClFN2. The van der Waals surface area contributed by atoms with E-state index < -0.39 is 5.82 Å². The van der Waals surface area contributed by atoms with Gasteiger partial charge < -0.3 is 0 Å². The predicted molar refractivity (Wildman–Crippen MR) is 77.9 cm³/mol. The molecule has 3 rings (SSSR count). The van der Waals surface area contributed by atoms with Crippen molar-refractivity contribution in [3.8, 4) is 22.4 Å². The van der Waals surface area contributed by atoms with Gasteiger partial charge >= 0.3 is 0 Å². The van der Waals surface area contributed by atoms with Crippen LogP contribution in [-0.2, 0) is 0 Å². The average molecular weight is 285 g/mol. The second kappa shape index (κ2) is 5.39. The molecule has 0 fully saturated rings. The van der Waals surface area contributed by atoms with Gasteiger partial charge in [0.25, 0.3) is 0 Å².